The quantitative estimate of drug-likeness (QED) is 0.878. The Morgan fingerprint density at radius 3 is 2.53 bits per heavy atom. The standard InChI is InChI=1S/C15H15BrO2S/c1-10(17)14-7-6-13(9-15(14)16)19-12-5-3-4-11(8-12)18-2/h3-10,17H,1-2H3/t10-/m1/s1. The molecule has 0 amide bonds. The van der Waals surface area contributed by atoms with Gasteiger partial charge in [0.1, 0.15) is 5.75 Å². The zero-order valence-electron chi connectivity index (χ0n) is 10.8. The summed E-state index contributed by atoms with van der Waals surface area (Å²) in [4.78, 5) is 2.24. The second-order valence-electron chi connectivity index (χ2n) is 4.14. The molecular weight excluding hydrogens is 324 g/mol. The SMILES string of the molecule is COc1cccc(Sc2ccc([C@@H](C)O)c(Br)c2)c1. The summed E-state index contributed by atoms with van der Waals surface area (Å²) in [5.41, 5.74) is 0.898. The monoisotopic (exact) mass is 338 g/mol. The van der Waals surface area contributed by atoms with Crippen LogP contribution in [0.4, 0.5) is 0 Å². The van der Waals surface area contributed by atoms with Crippen molar-refractivity contribution in [1.29, 1.82) is 0 Å². The van der Waals surface area contributed by atoms with Crippen LogP contribution in [0.3, 0.4) is 0 Å². The molecule has 0 saturated heterocycles. The Morgan fingerprint density at radius 1 is 1.16 bits per heavy atom. The van der Waals surface area contributed by atoms with Crippen LogP contribution in [0.2, 0.25) is 0 Å². The van der Waals surface area contributed by atoms with Crippen molar-refractivity contribution in [3.63, 3.8) is 0 Å². The van der Waals surface area contributed by atoms with Gasteiger partial charge in [-0.05, 0) is 42.8 Å². The van der Waals surface area contributed by atoms with Gasteiger partial charge in [-0.1, -0.05) is 39.8 Å². The van der Waals surface area contributed by atoms with Crippen LogP contribution in [0.15, 0.2) is 56.7 Å². The van der Waals surface area contributed by atoms with E-state index in [0.717, 1.165) is 25.6 Å². The van der Waals surface area contributed by atoms with E-state index in [1.807, 2.05) is 42.5 Å². The van der Waals surface area contributed by atoms with Crippen LogP contribution in [0.5, 0.6) is 5.75 Å². The van der Waals surface area contributed by atoms with Crippen LogP contribution in [-0.2, 0) is 0 Å². The normalized spacial score (nSPS) is 12.2. The number of benzene rings is 2. The fourth-order valence-electron chi connectivity index (χ4n) is 1.71. The summed E-state index contributed by atoms with van der Waals surface area (Å²) in [6.45, 7) is 1.76. The molecule has 0 bridgehead atoms. The van der Waals surface area contributed by atoms with Crippen molar-refractivity contribution >= 4 is 27.7 Å². The molecule has 0 radical (unpaired) electrons. The maximum atomic E-state index is 9.60. The Labute approximate surface area is 125 Å². The zero-order valence-corrected chi connectivity index (χ0v) is 13.2. The average molecular weight is 339 g/mol. The van der Waals surface area contributed by atoms with E-state index >= 15 is 0 Å². The van der Waals surface area contributed by atoms with E-state index in [4.69, 9.17) is 4.74 Å². The van der Waals surface area contributed by atoms with Gasteiger partial charge in [-0.2, -0.15) is 0 Å². The number of hydrogen-bond donors (Lipinski definition) is 1. The Morgan fingerprint density at radius 2 is 1.89 bits per heavy atom. The van der Waals surface area contributed by atoms with E-state index < -0.39 is 6.10 Å². The number of ether oxygens (including phenoxy) is 1. The largest absolute Gasteiger partial charge is 0.497 e. The summed E-state index contributed by atoms with van der Waals surface area (Å²) >= 11 is 5.15. The van der Waals surface area contributed by atoms with E-state index in [1.165, 1.54) is 0 Å². The van der Waals surface area contributed by atoms with Crippen LogP contribution >= 0.6 is 27.7 Å². The highest BCUT2D eigenvalue weighted by atomic mass is 79.9. The van der Waals surface area contributed by atoms with Crippen LogP contribution in [0.1, 0.15) is 18.6 Å². The first-order chi connectivity index (χ1) is 9.10. The number of aliphatic hydroxyl groups is 1. The molecule has 0 aliphatic heterocycles. The summed E-state index contributed by atoms with van der Waals surface area (Å²) in [5.74, 6) is 0.852. The molecule has 0 fully saturated rings. The molecule has 19 heavy (non-hydrogen) atoms. The highest BCUT2D eigenvalue weighted by Gasteiger charge is 2.07. The van der Waals surface area contributed by atoms with Gasteiger partial charge in [0.2, 0.25) is 0 Å². The van der Waals surface area contributed by atoms with E-state index in [9.17, 15) is 5.11 Å². The second kappa shape index (κ2) is 6.46. The molecule has 0 aromatic heterocycles. The van der Waals surface area contributed by atoms with Crippen LogP contribution < -0.4 is 4.74 Å². The van der Waals surface area contributed by atoms with Crippen molar-refractivity contribution in [2.45, 2.75) is 22.8 Å². The summed E-state index contributed by atoms with van der Waals surface area (Å²) in [6, 6.07) is 13.9. The van der Waals surface area contributed by atoms with Gasteiger partial charge in [-0.25, -0.2) is 0 Å². The van der Waals surface area contributed by atoms with Crippen LogP contribution in [0, 0.1) is 0 Å². The van der Waals surface area contributed by atoms with Crippen molar-refractivity contribution in [3.05, 3.63) is 52.5 Å². The lowest BCUT2D eigenvalue weighted by Gasteiger charge is -2.10. The lowest BCUT2D eigenvalue weighted by molar-refractivity contribution is 0.198. The fraction of sp³-hybridized carbons (Fsp3) is 0.200. The Bertz CT molecular complexity index is 570. The molecule has 100 valence electrons. The first-order valence-electron chi connectivity index (χ1n) is 5.89. The molecule has 1 atom stereocenters. The molecule has 2 aromatic rings. The van der Waals surface area contributed by atoms with Gasteiger partial charge >= 0.3 is 0 Å². The van der Waals surface area contributed by atoms with Gasteiger partial charge in [0.25, 0.3) is 0 Å². The highest BCUT2D eigenvalue weighted by Crippen LogP contribution is 2.34. The maximum Gasteiger partial charge on any atom is 0.119 e. The molecule has 0 unspecified atom stereocenters. The van der Waals surface area contributed by atoms with E-state index in [-0.39, 0.29) is 0 Å². The molecule has 0 aliphatic rings. The second-order valence-corrected chi connectivity index (χ2v) is 6.14. The predicted octanol–water partition coefficient (Wildman–Crippen LogP) is 4.66. The third kappa shape index (κ3) is 3.75. The Balaban J connectivity index is 2.21. The van der Waals surface area contributed by atoms with Crippen molar-refractivity contribution < 1.29 is 9.84 Å². The third-order valence-electron chi connectivity index (χ3n) is 2.70. The van der Waals surface area contributed by atoms with Gasteiger partial charge in [-0.3, -0.25) is 0 Å². The number of methoxy groups -OCH3 is 1. The molecule has 2 aromatic carbocycles. The maximum absolute atomic E-state index is 9.60. The summed E-state index contributed by atoms with van der Waals surface area (Å²) in [6.07, 6.45) is -0.467. The van der Waals surface area contributed by atoms with Crippen molar-refractivity contribution in [3.8, 4) is 5.75 Å². The molecular formula is C15H15BrO2S. The Kier molecular flexibility index (Phi) is 4.91. The molecule has 4 heteroatoms. The number of aliphatic hydroxyl groups excluding tert-OH is 1. The zero-order chi connectivity index (χ0) is 13.8. The van der Waals surface area contributed by atoms with Crippen molar-refractivity contribution in [2.24, 2.45) is 0 Å². The Hall–Kier alpha value is -0.970. The smallest absolute Gasteiger partial charge is 0.119 e. The van der Waals surface area contributed by atoms with Gasteiger partial charge < -0.3 is 9.84 Å². The number of rotatable bonds is 4. The topological polar surface area (TPSA) is 29.5 Å². The molecule has 0 heterocycles. The van der Waals surface area contributed by atoms with Gasteiger partial charge in [0.05, 0.1) is 13.2 Å². The highest BCUT2D eigenvalue weighted by molar-refractivity contribution is 9.10. The van der Waals surface area contributed by atoms with E-state index in [1.54, 1.807) is 25.8 Å². The number of hydrogen-bond acceptors (Lipinski definition) is 3. The minimum Gasteiger partial charge on any atom is -0.497 e. The number of halogens is 1. The minimum atomic E-state index is -0.467. The average Bonchev–Trinajstić information content (AvgIpc) is 2.38. The lowest BCUT2D eigenvalue weighted by Crippen LogP contribution is -1.92. The van der Waals surface area contributed by atoms with Gasteiger partial charge in [0, 0.05) is 14.3 Å². The first kappa shape index (κ1) is 14.4. The van der Waals surface area contributed by atoms with Gasteiger partial charge in [-0.15, -0.1) is 0 Å². The van der Waals surface area contributed by atoms with Crippen molar-refractivity contribution in [1.82, 2.24) is 0 Å². The summed E-state index contributed by atoms with van der Waals surface area (Å²) in [5, 5.41) is 9.60. The van der Waals surface area contributed by atoms with Crippen LogP contribution in [-0.4, -0.2) is 12.2 Å². The predicted molar refractivity (Wildman–Crippen MR) is 81.9 cm³/mol. The van der Waals surface area contributed by atoms with E-state index in [0.29, 0.717) is 0 Å². The summed E-state index contributed by atoms with van der Waals surface area (Å²) < 4.78 is 6.14. The molecule has 0 aliphatic carbocycles. The van der Waals surface area contributed by atoms with E-state index in [2.05, 4.69) is 15.9 Å². The minimum absolute atomic E-state index is 0.467. The van der Waals surface area contributed by atoms with Gasteiger partial charge in [0.15, 0.2) is 0 Å². The van der Waals surface area contributed by atoms with Crippen LogP contribution in [0.25, 0.3) is 0 Å². The molecule has 0 saturated carbocycles. The summed E-state index contributed by atoms with van der Waals surface area (Å²) in [7, 11) is 1.66. The molecule has 0 spiro atoms. The first-order valence-corrected chi connectivity index (χ1v) is 7.50. The molecule has 1 N–H and O–H groups in total. The van der Waals surface area contributed by atoms with Crippen molar-refractivity contribution in [2.75, 3.05) is 7.11 Å². The third-order valence-corrected chi connectivity index (χ3v) is 4.36. The molecule has 2 rings (SSSR count). The lowest BCUT2D eigenvalue weighted by atomic mass is 10.1. The molecule has 2 nitrogen and oxygen atoms in total. The fourth-order valence-corrected chi connectivity index (χ4v) is 3.48.